The Morgan fingerprint density at radius 3 is 2.29 bits per heavy atom. The van der Waals surface area contributed by atoms with Crippen LogP contribution in [0.3, 0.4) is 0 Å². The predicted molar refractivity (Wildman–Crippen MR) is 59.6 cm³/mol. The third kappa shape index (κ3) is 2.74. The number of phenolic OH excluding ortho intramolecular Hbond substituents is 1. The summed E-state index contributed by atoms with van der Waals surface area (Å²) < 4.78 is 0. The van der Waals surface area contributed by atoms with Crippen molar-refractivity contribution in [2.24, 2.45) is 5.73 Å². The summed E-state index contributed by atoms with van der Waals surface area (Å²) in [5.41, 5.74) is 8.85. The zero-order valence-corrected chi connectivity index (χ0v) is 9.39. The van der Waals surface area contributed by atoms with Crippen molar-refractivity contribution < 1.29 is 5.11 Å². The minimum absolute atomic E-state index is 0.228. The van der Waals surface area contributed by atoms with Gasteiger partial charge >= 0.3 is 0 Å². The van der Waals surface area contributed by atoms with E-state index in [1.165, 1.54) is 0 Å². The largest absolute Gasteiger partial charge is 0.508 e. The molecule has 1 rings (SSSR count). The molecular weight excluding hydrogens is 174 g/mol. The van der Waals surface area contributed by atoms with Crippen molar-refractivity contribution in [1.29, 1.82) is 0 Å². The van der Waals surface area contributed by atoms with E-state index in [2.05, 4.69) is 6.07 Å². The van der Waals surface area contributed by atoms with E-state index in [0.717, 1.165) is 23.1 Å². The lowest BCUT2D eigenvalue weighted by molar-refractivity contribution is 0.466. The van der Waals surface area contributed by atoms with Crippen molar-refractivity contribution in [3.05, 3.63) is 28.8 Å². The lowest BCUT2D eigenvalue weighted by Gasteiger charge is -2.19. The highest BCUT2D eigenvalue weighted by atomic mass is 16.3. The van der Waals surface area contributed by atoms with E-state index in [0.29, 0.717) is 5.75 Å². The second-order valence-electron chi connectivity index (χ2n) is 4.72. The highest BCUT2D eigenvalue weighted by Gasteiger charge is 2.13. The molecule has 0 heterocycles. The van der Waals surface area contributed by atoms with E-state index in [4.69, 9.17) is 5.73 Å². The minimum atomic E-state index is -0.228. The maximum Gasteiger partial charge on any atom is 0.119 e. The molecule has 0 unspecified atom stereocenters. The molecule has 0 aliphatic heterocycles. The van der Waals surface area contributed by atoms with Crippen LogP contribution in [-0.2, 0) is 6.42 Å². The number of phenols is 1. The average molecular weight is 193 g/mol. The Hall–Kier alpha value is -1.02. The predicted octanol–water partition coefficient (Wildman–Crippen LogP) is 2.29. The van der Waals surface area contributed by atoms with E-state index < -0.39 is 0 Å². The Bertz CT molecular complexity index is 314. The first-order chi connectivity index (χ1) is 6.29. The summed E-state index contributed by atoms with van der Waals surface area (Å²) in [4.78, 5) is 0. The monoisotopic (exact) mass is 193 g/mol. The first kappa shape index (κ1) is 11.1. The van der Waals surface area contributed by atoms with E-state index in [1.807, 2.05) is 27.7 Å². The molecule has 0 radical (unpaired) electrons. The van der Waals surface area contributed by atoms with Gasteiger partial charge in [-0.25, -0.2) is 0 Å². The van der Waals surface area contributed by atoms with Crippen LogP contribution in [0.5, 0.6) is 5.75 Å². The fourth-order valence-electron chi connectivity index (χ4n) is 1.54. The molecule has 0 aliphatic carbocycles. The van der Waals surface area contributed by atoms with Crippen molar-refractivity contribution in [1.82, 2.24) is 0 Å². The molecule has 0 aliphatic rings. The quantitative estimate of drug-likeness (QED) is 0.757. The third-order valence-electron chi connectivity index (χ3n) is 2.36. The van der Waals surface area contributed by atoms with Crippen LogP contribution in [0.25, 0.3) is 0 Å². The van der Waals surface area contributed by atoms with Gasteiger partial charge in [-0.15, -0.1) is 0 Å². The maximum atomic E-state index is 9.64. The molecule has 0 saturated heterocycles. The zero-order chi connectivity index (χ0) is 10.9. The number of hydrogen-bond donors (Lipinski definition) is 2. The molecule has 0 saturated carbocycles. The van der Waals surface area contributed by atoms with Gasteiger partial charge in [-0.3, -0.25) is 0 Å². The normalized spacial score (nSPS) is 11.8. The van der Waals surface area contributed by atoms with Crippen molar-refractivity contribution in [3.63, 3.8) is 0 Å². The van der Waals surface area contributed by atoms with Crippen LogP contribution in [0, 0.1) is 13.8 Å². The molecule has 2 heteroatoms. The summed E-state index contributed by atoms with van der Waals surface area (Å²) in [5, 5.41) is 9.64. The minimum Gasteiger partial charge on any atom is -0.508 e. The summed E-state index contributed by atoms with van der Waals surface area (Å²) in [7, 11) is 0. The summed E-state index contributed by atoms with van der Waals surface area (Å²) in [6.07, 6.45) is 0.779. The number of aryl methyl sites for hydroxylation is 1. The van der Waals surface area contributed by atoms with Crippen molar-refractivity contribution in [2.45, 2.75) is 39.7 Å². The maximum absolute atomic E-state index is 9.64. The molecule has 0 amide bonds. The second kappa shape index (κ2) is 3.62. The Morgan fingerprint density at radius 1 is 1.29 bits per heavy atom. The molecule has 1 aromatic rings. The van der Waals surface area contributed by atoms with Gasteiger partial charge in [-0.1, -0.05) is 6.07 Å². The Kier molecular flexibility index (Phi) is 2.86. The number of nitrogens with two attached hydrogens (primary N) is 1. The molecule has 0 aromatic heterocycles. The van der Waals surface area contributed by atoms with Gasteiger partial charge in [-0.2, -0.15) is 0 Å². The average Bonchev–Trinajstić information content (AvgIpc) is 1.96. The SMILES string of the molecule is Cc1cc(CC(C)(C)N)cc(O)c1C. The van der Waals surface area contributed by atoms with Gasteiger partial charge in [0, 0.05) is 5.54 Å². The fourth-order valence-corrected chi connectivity index (χ4v) is 1.54. The van der Waals surface area contributed by atoms with Crippen molar-refractivity contribution >= 4 is 0 Å². The smallest absolute Gasteiger partial charge is 0.119 e. The molecule has 0 spiro atoms. The highest BCUT2D eigenvalue weighted by Crippen LogP contribution is 2.23. The van der Waals surface area contributed by atoms with E-state index in [-0.39, 0.29) is 5.54 Å². The van der Waals surface area contributed by atoms with Crippen LogP contribution in [0.15, 0.2) is 12.1 Å². The van der Waals surface area contributed by atoms with Crippen LogP contribution < -0.4 is 5.73 Å². The Morgan fingerprint density at radius 2 is 1.86 bits per heavy atom. The van der Waals surface area contributed by atoms with Gasteiger partial charge in [0.1, 0.15) is 5.75 Å². The van der Waals surface area contributed by atoms with Gasteiger partial charge < -0.3 is 10.8 Å². The van der Waals surface area contributed by atoms with Crippen LogP contribution in [-0.4, -0.2) is 10.6 Å². The van der Waals surface area contributed by atoms with Crippen LogP contribution in [0.2, 0.25) is 0 Å². The fraction of sp³-hybridized carbons (Fsp3) is 0.500. The molecule has 78 valence electrons. The first-order valence-corrected chi connectivity index (χ1v) is 4.87. The summed E-state index contributed by atoms with van der Waals surface area (Å²) in [5.74, 6) is 0.365. The Balaban J connectivity index is 3.02. The van der Waals surface area contributed by atoms with E-state index in [1.54, 1.807) is 6.07 Å². The number of aromatic hydroxyl groups is 1. The van der Waals surface area contributed by atoms with E-state index in [9.17, 15) is 5.11 Å². The van der Waals surface area contributed by atoms with Crippen molar-refractivity contribution in [2.75, 3.05) is 0 Å². The molecule has 0 atom stereocenters. The van der Waals surface area contributed by atoms with Gasteiger partial charge in [0.15, 0.2) is 0 Å². The van der Waals surface area contributed by atoms with Crippen LogP contribution in [0.1, 0.15) is 30.5 Å². The standard InChI is InChI=1S/C12H19NO/c1-8-5-10(7-12(3,4)13)6-11(14)9(8)2/h5-6,14H,7,13H2,1-4H3. The molecule has 2 nitrogen and oxygen atoms in total. The van der Waals surface area contributed by atoms with Gasteiger partial charge in [-0.05, 0) is 56.9 Å². The molecule has 3 N–H and O–H groups in total. The molecule has 14 heavy (non-hydrogen) atoms. The lowest BCUT2D eigenvalue weighted by Crippen LogP contribution is -2.34. The van der Waals surface area contributed by atoms with E-state index >= 15 is 0 Å². The summed E-state index contributed by atoms with van der Waals surface area (Å²) >= 11 is 0. The summed E-state index contributed by atoms with van der Waals surface area (Å²) in [6, 6.07) is 3.89. The topological polar surface area (TPSA) is 46.2 Å². The molecule has 1 aromatic carbocycles. The Labute approximate surface area is 85.8 Å². The van der Waals surface area contributed by atoms with Crippen molar-refractivity contribution in [3.8, 4) is 5.75 Å². The van der Waals surface area contributed by atoms with Crippen LogP contribution >= 0.6 is 0 Å². The summed E-state index contributed by atoms with van der Waals surface area (Å²) in [6.45, 7) is 7.89. The number of rotatable bonds is 2. The second-order valence-corrected chi connectivity index (χ2v) is 4.72. The van der Waals surface area contributed by atoms with Gasteiger partial charge in [0.25, 0.3) is 0 Å². The van der Waals surface area contributed by atoms with Gasteiger partial charge in [0.2, 0.25) is 0 Å². The zero-order valence-electron chi connectivity index (χ0n) is 9.39. The molecule has 0 fully saturated rings. The number of benzene rings is 1. The lowest BCUT2D eigenvalue weighted by atomic mass is 9.94. The molecular formula is C12H19NO. The number of hydrogen-bond acceptors (Lipinski definition) is 2. The first-order valence-electron chi connectivity index (χ1n) is 4.87. The van der Waals surface area contributed by atoms with Gasteiger partial charge in [0.05, 0.1) is 0 Å². The highest BCUT2D eigenvalue weighted by molar-refractivity contribution is 5.41. The molecule has 0 bridgehead atoms. The van der Waals surface area contributed by atoms with Crippen LogP contribution in [0.4, 0.5) is 0 Å². The third-order valence-corrected chi connectivity index (χ3v) is 2.36.